The zero-order valence-electron chi connectivity index (χ0n) is 14.8. The Kier molecular flexibility index (Phi) is 4.68. The van der Waals surface area contributed by atoms with Crippen LogP contribution in [0.2, 0.25) is 0 Å². The van der Waals surface area contributed by atoms with E-state index in [0.29, 0.717) is 12.5 Å². The van der Waals surface area contributed by atoms with Crippen LogP contribution in [-0.2, 0) is 0 Å². The lowest BCUT2D eigenvalue weighted by Crippen LogP contribution is -2.08. The average Bonchev–Trinajstić information content (AvgIpc) is 2.98. The van der Waals surface area contributed by atoms with Gasteiger partial charge in [-0.05, 0) is 29.8 Å². The van der Waals surface area contributed by atoms with E-state index >= 15 is 0 Å². The lowest BCUT2D eigenvalue weighted by molar-refractivity contribution is 0.311. The maximum Gasteiger partial charge on any atom is 0.222 e. The molecular weight excluding hydrogens is 336 g/mol. The summed E-state index contributed by atoms with van der Waals surface area (Å²) in [6.07, 6.45) is 11.8. The van der Waals surface area contributed by atoms with E-state index in [0.717, 1.165) is 33.8 Å². The molecule has 1 aliphatic carbocycles. The van der Waals surface area contributed by atoms with E-state index in [4.69, 9.17) is 5.11 Å². The smallest absolute Gasteiger partial charge is 0.222 e. The van der Waals surface area contributed by atoms with Gasteiger partial charge < -0.3 is 15.0 Å². The molecule has 1 aliphatic rings. The summed E-state index contributed by atoms with van der Waals surface area (Å²) in [6.45, 7) is 4.49. The maximum absolute atomic E-state index is 8.92. The molecule has 0 spiro atoms. The predicted octanol–water partition coefficient (Wildman–Crippen LogP) is 3.93. The molecule has 0 saturated carbocycles. The highest BCUT2D eigenvalue weighted by Crippen LogP contribution is 2.32. The molecule has 0 amide bonds. The molecule has 0 saturated heterocycles. The zero-order valence-corrected chi connectivity index (χ0v) is 14.8. The molecule has 2 heterocycles. The van der Waals surface area contributed by atoms with Gasteiger partial charge in [0.05, 0.1) is 18.0 Å². The van der Waals surface area contributed by atoms with Gasteiger partial charge in [0.1, 0.15) is 0 Å². The lowest BCUT2D eigenvalue weighted by atomic mass is 10.2. The van der Waals surface area contributed by atoms with Crippen molar-refractivity contribution in [3.8, 4) is 16.9 Å². The summed E-state index contributed by atoms with van der Waals surface area (Å²) < 4.78 is 2.20. The molecule has 134 valence electrons. The minimum Gasteiger partial charge on any atom is -0.395 e. The summed E-state index contributed by atoms with van der Waals surface area (Å²) in [5, 5.41) is 11.9. The summed E-state index contributed by atoms with van der Waals surface area (Å²) in [4.78, 5) is 8.73. The van der Waals surface area contributed by atoms with Crippen molar-refractivity contribution in [2.75, 3.05) is 18.5 Å². The highest BCUT2D eigenvalue weighted by molar-refractivity contribution is 5.78. The Hall–Kier alpha value is -3.44. The fraction of sp³-hybridized carbons (Fsp3) is 0.0909. The Labute approximate surface area is 158 Å². The molecule has 0 radical (unpaired) electrons. The van der Waals surface area contributed by atoms with Gasteiger partial charge in [0.15, 0.2) is 0 Å². The highest BCUT2D eigenvalue weighted by atomic mass is 16.3. The van der Waals surface area contributed by atoms with Crippen LogP contribution < -0.4 is 5.32 Å². The quantitative estimate of drug-likeness (QED) is 0.727. The maximum atomic E-state index is 8.92. The topological polar surface area (TPSA) is 63.0 Å². The molecule has 0 aliphatic heterocycles. The number of para-hydroxylation sites is 1. The number of aromatic nitrogens is 3. The molecule has 2 aromatic heterocycles. The van der Waals surface area contributed by atoms with Crippen molar-refractivity contribution in [2.24, 2.45) is 0 Å². The minimum atomic E-state index is 0.0403. The van der Waals surface area contributed by atoms with Gasteiger partial charge in [-0.25, -0.2) is 9.97 Å². The molecule has 0 atom stereocenters. The van der Waals surface area contributed by atoms with Gasteiger partial charge in [0.2, 0.25) is 5.95 Å². The monoisotopic (exact) mass is 356 g/mol. The van der Waals surface area contributed by atoms with Gasteiger partial charge in [-0.15, -0.1) is 0 Å². The molecule has 3 aromatic rings. The number of fused-ring (bicyclic) bond motifs is 1. The second kappa shape index (κ2) is 7.43. The third kappa shape index (κ3) is 3.45. The number of hydrogen-bond acceptors (Lipinski definition) is 4. The lowest BCUT2D eigenvalue weighted by Gasteiger charge is -2.12. The van der Waals surface area contributed by atoms with Crippen LogP contribution in [0.4, 0.5) is 5.95 Å². The van der Waals surface area contributed by atoms with Crippen molar-refractivity contribution in [3.05, 3.63) is 84.4 Å². The second-order valence-electron chi connectivity index (χ2n) is 6.23. The number of benzene rings is 1. The number of hydrogen-bond donors (Lipinski definition) is 2. The normalized spacial score (nSPS) is 12.7. The number of allylic oxidation sites excluding steroid dienone is 3. The summed E-state index contributed by atoms with van der Waals surface area (Å²) in [6, 6.07) is 12.4. The number of aliphatic hydroxyl groups excluding tert-OH is 1. The Morgan fingerprint density at radius 2 is 1.74 bits per heavy atom. The molecule has 5 heteroatoms. The van der Waals surface area contributed by atoms with Crippen LogP contribution in [0.15, 0.2) is 73.1 Å². The fourth-order valence-electron chi connectivity index (χ4n) is 3.07. The van der Waals surface area contributed by atoms with E-state index in [1.54, 1.807) is 12.4 Å². The fourth-order valence-corrected chi connectivity index (χ4v) is 3.07. The van der Waals surface area contributed by atoms with Crippen LogP contribution in [-0.4, -0.2) is 32.8 Å². The molecule has 0 fully saturated rings. The Bertz CT molecular complexity index is 1010. The van der Waals surface area contributed by atoms with Crippen LogP contribution in [0.5, 0.6) is 0 Å². The van der Waals surface area contributed by atoms with Gasteiger partial charge in [0, 0.05) is 35.8 Å². The third-order valence-corrected chi connectivity index (χ3v) is 4.36. The summed E-state index contributed by atoms with van der Waals surface area (Å²) in [5.41, 5.74) is 6.18. The number of anilines is 1. The van der Waals surface area contributed by atoms with Crippen molar-refractivity contribution in [2.45, 2.75) is 0 Å². The standard InChI is InChI=1S/C22H20N4O/c1-16-7-9-17-13-21(18-14-24-22(25-15-18)23-11-12-27)26(20(17)10-8-16)19-5-3-2-4-6-19/h2-10,13-15,27H,1,11-12H2,(H,23,24,25). The third-order valence-electron chi connectivity index (χ3n) is 4.36. The molecule has 0 unspecified atom stereocenters. The van der Waals surface area contributed by atoms with Gasteiger partial charge in [-0.2, -0.15) is 0 Å². The van der Waals surface area contributed by atoms with Crippen LogP contribution >= 0.6 is 0 Å². The van der Waals surface area contributed by atoms with Crippen molar-refractivity contribution < 1.29 is 5.11 Å². The first kappa shape index (κ1) is 17.0. The van der Waals surface area contributed by atoms with Gasteiger partial charge >= 0.3 is 0 Å². The molecule has 1 aromatic carbocycles. The van der Waals surface area contributed by atoms with Crippen LogP contribution in [0, 0.1) is 0 Å². The van der Waals surface area contributed by atoms with E-state index in [2.05, 4.69) is 56.8 Å². The Balaban J connectivity index is 1.84. The first-order valence-electron chi connectivity index (χ1n) is 8.79. The molecule has 5 nitrogen and oxygen atoms in total. The van der Waals surface area contributed by atoms with E-state index in [1.165, 1.54) is 0 Å². The van der Waals surface area contributed by atoms with Crippen LogP contribution in [0.3, 0.4) is 0 Å². The zero-order chi connectivity index (χ0) is 18.6. The SMILES string of the molecule is C=C1C=Cc2cc(-c3cnc(NCCO)nc3)n(-c3ccccc3)c2C=C1. The summed E-state index contributed by atoms with van der Waals surface area (Å²) >= 11 is 0. The van der Waals surface area contributed by atoms with Crippen molar-refractivity contribution in [3.63, 3.8) is 0 Å². The van der Waals surface area contributed by atoms with Gasteiger partial charge in [-0.3, -0.25) is 0 Å². The van der Waals surface area contributed by atoms with Crippen LogP contribution in [0.1, 0.15) is 11.3 Å². The Morgan fingerprint density at radius 3 is 2.48 bits per heavy atom. The van der Waals surface area contributed by atoms with Gasteiger partial charge in [0.25, 0.3) is 0 Å². The molecular formula is C22H20N4O. The van der Waals surface area contributed by atoms with Gasteiger partial charge in [-0.1, -0.05) is 43.0 Å². The second-order valence-corrected chi connectivity index (χ2v) is 6.23. The minimum absolute atomic E-state index is 0.0403. The summed E-state index contributed by atoms with van der Waals surface area (Å²) in [5.74, 6) is 0.503. The van der Waals surface area contributed by atoms with E-state index in [9.17, 15) is 0 Å². The predicted molar refractivity (Wildman–Crippen MR) is 110 cm³/mol. The van der Waals surface area contributed by atoms with Crippen molar-refractivity contribution in [1.82, 2.24) is 14.5 Å². The summed E-state index contributed by atoms with van der Waals surface area (Å²) in [7, 11) is 0. The van der Waals surface area contributed by atoms with Crippen LogP contribution in [0.25, 0.3) is 29.1 Å². The number of nitrogens with one attached hydrogen (secondary N) is 1. The molecule has 0 bridgehead atoms. The Morgan fingerprint density at radius 1 is 1.00 bits per heavy atom. The highest BCUT2D eigenvalue weighted by Gasteiger charge is 2.16. The van der Waals surface area contributed by atoms with E-state index < -0.39 is 0 Å². The molecule has 27 heavy (non-hydrogen) atoms. The number of aliphatic hydroxyl groups is 1. The van der Waals surface area contributed by atoms with E-state index in [1.807, 2.05) is 30.4 Å². The average molecular weight is 356 g/mol. The van der Waals surface area contributed by atoms with E-state index in [-0.39, 0.29) is 6.61 Å². The largest absolute Gasteiger partial charge is 0.395 e. The van der Waals surface area contributed by atoms with Crippen molar-refractivity contribution in [1.29, 1.82) is 0 Å². The number of nitrogens with zero attached hydrogens (tertiary/aromatic N) is 3. The number of rotatable bonds is 5. The molecule has 2 N–H and O–H groups in total. The molecule has 4 rings (SSSR count). The van der Waals surface area contributed by atoms with Crippen molar-refractivity contribution >= 4 is 18.1 Å². The first-order chi connectivity index (χ1) is 13.3. The first-order valence-corrected chi connectivity index (χ1v) is 8.79.